The standard InChI is InChI=1S/C16H20N3O/c1-13(2)10-18-7-8-19(16(20)12-18)11-15-5-3-14(9-17)4-6-15/h3-6H,7-8,10-12H2,1-2H3. The minimum absolute atomic E-state index is 0.182. The number of hydrogen-bond donors (Lipinski definition) is 0. The molecule has 1 aliphatic heterocycles. The molecule has 0 unspecified atom stereocenters. The van der Waals surface area contributed by atoms with Gasteiger partial charge in [-0.2, -0.15) is 5.26 Å². The molecule has 1 fully saturated rings. The minimum Gasteiger partial charge on any atom is -0.336 e. The van der Waals surface area contributed by atoms with Crippen LogP contribution in [0, 0.1) is 17.2 Å². The highest BCUT2D eigenvalue weighted by Crippen LogP contribution is 2.12. The van der Waals surface area contributed by atoms with E-state index in [1.807, 2.05) is 17.0 Å². The van der Waals surface area contributed by atoms with Crippen molar-refractivity contribution >= 4 is 5.91 Å². The van der Waals surface area contributed by atoms with Crippen molar-refractivity contribution in [3.05, 3.63) is 41.3 Å². The number of amides is 1. The highest BCUT2D eigenvalue weighted by Gasteiger charge is 2.24. The van der Waals surface area contributed by atoms with Crippen LogP contribution in [0.4, 0.5) is 0 Å². The van der Waals surface area contributed by atoms with E-state index in [4.69, 9.17) is 5.26 Å². The van der Waals surface area contributed by atoms with Crippen molar-refractivity contribution in [3.63, 3.8) is 0 Å². The van der Waals surface area contributed by atoms with Crippen LogP contribution in [-0.2, 0) is 11.3 Å². The first kappa shape index (κ1) is 14.5. The first-order chi connectivity index (χ1) is 9.58. The molecule has 1 aliphatic rings. The fourth-order valence-electron chi connectivity index (χ4n) is 2.41. The number of benzene rings is 1. The Bertz CT molecular complexity index is 501. The summed E-state index contributed by atoms with van der Waals surface area (Å²) in [6.45, 7) is 7.91. The Hall–Kier alpha value is -1.86. The van der Waals surface area contributed by atoms with Gasteiger partial charge in [-0.1, -0.05) is 26.0 Å². The predicted molar refractivity (Wildman–Crippen MR) is 77.6 cm³/mol. The summed E-state index contributed by atoms with van der Waals surface area (Å²) < 4.78 is 0. The maximum atomic E-state index is 12.1. The third-order valence-electron chi connectivity index (χ3n) is 3.39. The van der Waals surface area contributed by atoms with Gasteiger partial charge in [0.15, 0.2) is 0 Å². The van der Waals surface area contributed by atoms with Crippen LogP contribution in [-0.4, -0.2) is 41.9 Å². The Morgan fingerprint density at radius 1 is 1.25 bits per heavy atom. The van der Waals surface area contributed by atoms with E-state index < -0.39 is 0 Å². The number of rotatable bonds is 4. The van der Waals surface area contributed by atoms with E-state index in [0.717, 1.165) is 25.2 Å². The third-order valence-corrected chi connectivity index (χ3v) is 3.39. The number of piperazine rings is 1. The van der Waals surface area contributed by atoms with E-state index in [1.165, 1.54) is 5.92 Å². The van der Waals surface area contributed by atoms with E-state index in [9.17, 15) is 4.79 Å². The Kier molecular flexibility index (Phi) is 4.75. The zero-order valence-electron chi connectivity index (χ0n) is 12.1. The Morgan fingerprint density at radius 3 is 2.50 bits per heavy atom. The summed E-state index contributed by atoms with van der Waals surface area (Å²) in [6, 6.07) is 9.53. The van der Waals surface area contributed by atoms with Crippen molar-refractivity contribution in [1.82, 2.24) is 9.80 Å². The van der Waals surface area contributed by atoms with Crippen LogP contribution < -0.4 is 0 Å². The van der Waals surface area contributed by atoms with Gasteiger partial charge in [0, 0.05) is 26.2 Å². The van der Waals surface area contributed by atoms with E-state index in [2.05, 4.69) is 24.8 Å². The van der Waals surface area contributed by atoms with Crippen molar-refractivity contribution < 1.29 is 4.79 Å². The second-order valence-electron chi connectivity index (χ2n) is 5.54. The lowest BCUT2D eigenvalue weighted by atomic mass is 10.1. The molecule has 0 bridgehead atoms. The second kappa shape index (κ2) is 6.53. The summed E-state index contributed by atoms with van der Waals surface area (Å²) in [5.74, 6) is 1.51. The van der Waals surface area contributed by atoms with Crippen LogP contribution in [0.3, 0.4) is 0 Å². The van der Waals surface area contributed by atoms with E-state index in [0.29, 0.717) is 18.7 Å². The van der Waals surface area contributed by atoms with Crippen molar-refractivity contribution in [3.8, 4) is 6.07 Å². The molecule has 1 amide bonds. The van der Waals surface area contributed by atoms with Crippen LogP contribution in [0.2, 0.25) is 0 Å². The summed E-state index contributed by atoms with van der Waals surface area (Å²) in [5, 5.41) is 8.77. The molecule has 1 aromatic carbocycles. The molecule has 1 heterocycles. The molecule has 1 radical (unpaired) electrons. The van der Waals surface area contributed by atoms with Crippen LogP contribution in [0.25, 0.3) is 0 Å². The van der Waals surface area contributed by atoms with E-state index in [-0.39, 0.29) is 5.91 Å². The molecule has 2 rings (SSSR count). The maximum absolute atomic E-state index is 12.1. The van der Waals surface area contributed by atoms with Crippen LogP contribution in [0.1, 0.15) is 25.0 Å². The van der Waals surface area contributed by atoms with E-state index in [1.54, 1.807) is 12.1 Å². The molecule has 1 saturated heterocycles. The molecular formula is C16H20N3O. The maximum Gasteiger partial charge on any atom is 0.237 e. The number of nitrogens with zero attached hydrogens (tertiary/aromatic N) is 3. The first-order valence-electron chi connectivity index (χ1n) is 6.86. The average molecular weight is 270 g/mol. The molecule has 1 aromatic rings. The molecule has 0 saturated carbocycles. The molecule has 0 atom stereocenters. The lowest BCUT2D eigenvalue weighted by Gasteiger charge is -2.35. The quantitative estimate of drug-likeness (QED) is 0.838. The first-order valence-corrected chi connectivity index (χ1v) is 6.86. The van der Waals surface area contributed by atoms with Gasteiger partial charge in [-0.15, -0.1) is 0 Å². The molecular weight excluding hydrogens is 250 g/mol. The monoisotopic (exact) mass is 270 g/mol. The summed E-state index contributed by atoms with van der Waals surface area (Å²) in [7, 11) is 0. The molecule has 0 N–H and O–H groups in total. The molecule has 105 valence electrons. The molecule has 0 aliphatic carbocycles. The Balaban J connectivity index is 1.91. The number of carbonyl (C=O) groups is 1. The van der Waals surface area contributed by atoms with Gasteiger partial charge >= 0.3 is 0 Å². The smallest absolute Gasteiger partial charge is 0.237 e. The van der Waals surface area contributed by atoms with Crippen LogP contribution in [0.15, 0.2) is 24.3 Å². The fourth-order valence-corrected chi connectivity index (χ4v) is 2.41. The lowest BCUT2D eigenvalue weighted by Crippen LogP contribution is -2.50. The highest BCUT2D eigenvalue weighted by atomic mass is 16.2. The van der Waals surface area contributed by atoms with Gasteiger partial charge in [-0.3, -0.25) is 9.69 Å². The topological polar surface area (TPSA) is 47.3 Å². The van der Waals surface area contributed by atoms with Crippen molar-refractivity contribution in [1.29, 1.82) is 5.26 Å². The van der Waals surface area contributed by atoms with Gasteiger partial charge in [-0.25, -0.2) is 0 Å². The zero-order chi connectivity index (χ0) is 14.5. The van der Waals surface area contributed by atoms with Crippen LogP contribution >= 0.6 is 0 Å². The summed E-state index contributed by atoms with van der Waals surface area (Å²) in [5.41, 5.74) is 1.72. The summed E-state index contributed by atoms with van der Waals surface area (Å²) in [6.07, 6.45) is 0. The fraction of sp³-hybridized carbons (Fsp3) is 0.438. The van der Waals surface area contributed by atoms with E-state index >= 15 is 0 Å². The molecule has 0 aromatic heterocycles. The predicted octanol–water partition coefficient (Wildman–Crippen LogP) is 1.82. The van der Waals surface area contributed by atoms with Gasteiger partial charge in [0.05, 0.1) is 18.2 Å². The Morgan fingerprint density at radius 2 is 1.95 bits per heavy atom. The molecule has 20 heavy (non-hydrogen) atoms. The van der Waals surface area contributed by atoms with Gasteiger partial charge in [0.1, 0.15) is 0 Å². The third kappa shape index (κ3) is 3.82. The number of nitriles is 1. The normalized spacial score (nSPS) is 16.5. The van der Waals surface area contributed by atoms with Crippen molar-refractivity contribution in [2.45, 2.75) is 20.4 Å². The van der Waals surface area contributed by atoms with Crippen molar-refractivity contribution in [2.24, 2.45) is 0 Å². The summed E-state index contributed by atoms with van der Waals surface area (Å²) >= 11 is 0. The zero-order valence-corrected chi connectivity index (χ0v) is 12.1. The average Bonchev–Trinajstić information content (AvgIpc) is 2.42. The molecule has 4 nitrogen and oxygen atoms in total. The minimum atomic E-state index is 0.182. The van der Waals surface area contributed by atoms with Gasteiger partial charge in [0.2, 0.25) is 5.91 Å². The van der Waals surface area contributed by atoms with Gasteiger partial charge in [-0.05, 0) is 23.6 Å². The Labute approximate surface area is 120 Å². The largest absolute Gasteiger partial charge is 0.336 e. The second-order valence-corrected chi connectivity index (χ2v) is 5.54. The molecule has 4 heteroatoms. The molecule has 0 spiro atoms. The van der Waals surface area contributed by atoms with Crippen LogP contribution in [0.5, 0.6) is 0 Å². The number of carbonyl (C=O) groups excluding carboxylic acids is 1. The SMILES string of the molecule is C[C](C)CN1CCN(Cc2ccc(C#N)cc2)C(=O)C1. The summed E-state index contributed by atoms with van der Waals surface area (Å²) in [4.78, 5) is 16.2. The lowest BCUT2D eigenvalue weighted by molar-refractivity contribution is -0.136. The van der Waals surface area contributed by atoms with Crippen molar-refractivity contribution in [2.75, 3.05) is 26.2 Å². The highest BCUT2D eigenvalue weighted by molar-refractivity contribution is 5.79. The number of hydrogen-bond acceptors (Lipinski definition) is 3. The van der Waals surface area contributed by atoms with Gasteiger partial charge < -0.3 is 4.90 Å². The van der Waals surface area contributed by atoms with Gasteiger partial charge in [0.25, 0.3) is 0 Å².